The number of thiazole rings is 1. The lowest BCUT2D eigenvalue weighted by Gasteiger charge is -2.28. The smallest absolute Gasteiger partial charge is 0.207 e. The van der Waals surface area contributed by atoms with Crippen molar-refractivity contribution in [2.45, 2.75) is 25.4 Å². The minimum Gasteiger partial charge on any atom is -0.316 e. The topological polar surface area (TPSA) is 40.1 Å². The maximum absolute atomic E-state index is 5.68. The minimum absolute atomic E-state index is 0.520. The molecule has 142 valence electrons. The Morgan fingerprint density at radius 3 is 2.79 bits per heavy atom. The molecule has 0 radical (unpaired) electrons. The van der Waals surface area contributed by atoms with Gasteiger partial charge in [0.05, 0.1) is 29.2 Å². The Bertz CT molecular complexity index is 1110. The van der Waals surface area contributed by atoms with Crippen molar-refractivity contribution >= 4 is 33.8 Å². The molecular weight excluding hydrogens is 386 g/mol. The van der Waals surface area contributed by atoms with Crippen LogP contribution in [0.1, 0.15) is 23.8 Å². The van der Waals surface area contributed by atoms with Crippen molar-refractivity contribution in [1.29, 1.82) is 0 Å². The maximum Gasteiger partial charge on any atom is 0.207 e. The zero-order valence-electron chi connectivity index (χ0n) is 15.5. The lowest BCUT2D eigenvalue weighted by Crippen LogP contribution is -3.12. The summed E-state index contributed by atoms with van der Waals surface area (Å²) >= 11 is 7.53. The number of nitrogens with one attached hydrogen (secondary N) is 1. The lowest BCUT2D eigenvalue weighted by atomic mass is 9.99. The molecule has 3 heterocycles. The Morgan fingerprint density at radius 1 is 1.11 bits per heavy atom. The van der Waals surface area contributed by atoms with Crippen LogP contribution in [0, 0.1) is 4.77 Å². The van der Waals surface area contributed by atoms with Crippen LogP contribution in [0.3, 0.4) is 0 Å². The molecule has 7 heteroatoms. The molecule has 1 saturated heterocycles. The summed E-state index contributed by atoms with van der Waals surface area (Å²) in [4.78, 5) is 6.42. The molecular formula is C21H22N5S2+. The van der Waals surface area contributed by atoms with E-state index < -0.39 is 0 Å². The summed E-state index contributed by atoms with van der Waals surface area (Å²) < 4.78 is 5.97. The predicted octanol–water partition coefficient (Wildman–Crippen LogP) is 3.43. The number of quaternary nitrogens is 1. The van der Waals surface area contributed by atoms with Crippen molar-refractivity contribution in [3.05, 3.63) is 70.7 Å². The zero-order chi connectivity index (χ0) is 18.9. The standard InChI is InChI=1S/C21H21N5S2/c27-21-25(17-8-2-1-3-9-17)14-22-26(21)15-24-12-6-7-16(13-24)20-23-18-10-4-5-11-19(18)28-20/h1-5,8-11,14,16H,6-7,12-13,15H2/p+1/t16-/m1/s1. The van der Waals surface area contributed by atoms with Gasteiger partial charge in [-0.05, 0) is 49.3 Å². The van der Waals surface area contributed by atoms with Gasteiger partial charge in [-0.25, -0.2) is 4.98 Å². The van der Waals surface area contributed by atoms with Crippen LogP contribution >= 0.6 is 23.6 Å². The lowest BCUT2D eigenvalue weighted by molar-refractivity contribution is -0.929. The van der Waals surface area contributed by atoms with Gasteiger partial charge in [-0.3, -0.25) is 4.57 Å². The molecule has 1 fully saturated rings. The van der Waals surface area contributed by atoms with Crippen molar-refractivity contribution in [2.24, 2.45) is 0 Å². The van der Waals surface area contributed by atoms with E-state index in [0.29, 0.717) is 5.92 Å². The molecule has 5 nitrogen and oxygen atoms in total. The Kier molecular flexibility index (Phi) is 4.80. The van der Waals surface area contributed by atoms with E-state index >= 15 is 0 Å². The van der Waals surface area contributed by atoms with Crippen molar-refractivity contribution < 1.29 is 4.90 Å². The van der Waals surface area contributed by atoms with E-state index in [1.54, 1.807) is 0 Å². The van der Waals surface area contributed by atoms with E-state index in [9.17, 15) is 0 Å². The SMILES string of the molecule is S=c1n(-c2ccccc2)cnn1C[NH+]1CCC[C@@H](c2nc3ccccc3s2)C1. The second-order valence-corrected chi connectivity index (χ2v) is 8.77. The third-order valence-electron chi connectivity index (χ3n) is 5.42. The van der Waals surface area contributed by atoms with Crippen molar-refractivity contribution in [3.63, 3.8) is 0 Å². The normalized spacial score (nSPS) is 19.9. The number of benzene rings is 2. The Hall–Kier alpha value is -2.35. The van der Waals surface area contributed by atoms with E-state index in [1.807, 2.05) is 45.1 Å². The second-order valence-electron chi connectivity index (χ2n) is 7.34. The Balaban J connectivity index is 1.33. The summed E-state index contributed by atoms with van der Waals surface area (Å²) in [6.45, 7) is 3.04. The Labute approximate surface area is 172 Å². The number of nitrogens with zero attached hydrogens (tertiary/aromatic N) is 4. The number of hydrogen-bond donors (Lipinski definition) is 1. The highest BCUT2D eigenvalue weighted by atomic mass is 32.1. The van der Waals surface area contributed by atoms with E-state index in [1.165, 1.54) is 27.4 Å². The van der Waals surface area contributed by atoms with Gasteiger partial charge in [-0.1, -0.05) is 30.3 Å². The molecule has 0 bridgehead atoms. The Morgan fingerprint density at radius 2 is 1.93 bits per heavy atom. The van der Waals surface area contributed by atoms with Crippen LogP contribution in [-0.4, -0.2) is 32.4 Å². The van der Waals surface area contributed by atoms with E-state index in [0.717, 1.165) is 35.7 Å². The first-order chi connectivity index (χ1) is 13.8. The molecule has 1 aliphatic heterocycles. The van der Waals surface area contributed by atoms with Gasteiger partial charge in [-0.2, -0.15) is 9.78 Å². The first-order valence-electron chi connectivity index (χ1n) is 9.67. The van der Waals surface area contributed by atoms with Crippen molar-refractivity contribution in [3.8, 4) is 5.69 Å². The molecule has 0 amide bonds. The van der Waals surface area contributed by atoms with Gasteiger partial charge in [-0.15, -0.1) is 11.3 Å². The minimum atomic E-state index is 0.520. The molecule has 0 aliphatic carbocycles. The first kappa shape index (κ1) is 17.7. The van der Waals surface area contributed by atoms with Gasteiger partial charge in [0.1, 0.15) is 11.3 Å². The van der Waals surface area contributed by atoms with E-state index in [-0.39, 0.29) is 0 Å². The summed E-state index contributed by atoms with van der Waals surface area (Å²) in [6, 6.07) is 18.6. The van der Waals surface area contributed by atoms with E-state index in [2.05, 4.69) is 41.5 Å². The van der Waals surface area contributed by atoms with E-state index in [4.69, 9.17) is 17.2 Å². The molecule has 2 atom stereocenters. The summed E-state index contributed by atoms with van der Waals surface area (Å²) in [6.07, 6.45) is 4.25. The molecule has 1 unspecified atom stereocenters. The van der Waals surface area contributed by atoms with Gasteiger partial charge in [0, 0.05) is 5.69 Å². The molecule has 0 spiro atoms. The number of likely N-dealkylation sites (tertiary alicyclic amines) is 1. The van der Waals surface area contributed by atoms with Gasteiger partial charge in [0.2, 0.25) is 4.77 Å². The highest BCUT2D eigenvalue weighted by molar-refractivity contribution is 7.71. The van der Waals surface area contributed by atoms with Crippen LogP contribution in [0.4, 0.5) is 0 Å². The third kappa shape index (κ3) is 3.41. The number of rotatable bonds is 4. The summed E-state index contributed by atoms with van der Waals surface area (Å²) in [5.74, 6) is 0.520. The maximum atomic E-state index is 5.68. The monoisotopic (exact) mass is 408 g/mol. The first-order valence-corrected chi connectivity index (χ1v) is 10.9. The molecule has 1 N–H and O–H groups in total. The number of piperidine rings is 1. The fraction of sp³-hybridized carbons (Fsp3) is 0.286. The molecule has 1 aliphatic rings. The van der Waals surface area contributed by atoms with Gasteiger partial charge in [0.15, 0.2) is 6.67 Å². The van der Waals surface area contributed by atoms with Gasteiger partial charge < -0.3 is 4.90 Å². The molecule has 28 heavy (non-hydrogen) atoms. The van der Waals surface area contributed by atoms with Crippen LogP contribution in [-0.2, 0) is 6.67 Å². The molecule has 5 rings (SSSR count). The number of para-hydroxylation sites is 2. The van der Waals surface area contributed by atoms with Crippen LogP contribution < -0.4 is 4.90 Å². The third-order valence-corrected chi connectivity index (χ3v) is 7.03. The quantitative estimate of drug-likeness (QED) is 0.526. The predicted molar refractivity (Wildman–Crippen MR) is 115 cm³/mol. The summed E-state index contributed by atoms with van der Waals surface area (Å²) in [5.41, 5.74) is 2.18. The highest BCUT2D eigenvalue weighted by Gasteiger charge is 2.27. The fourth-order valence-corrected chi connectivity index (χ4v) is 5.36. The summed E-state index contributed by atoms with van der Waals surface area (Å²) in [5, 5.41) is 5.84. The van der Waals surface area contributed by atoms with Crippen LogP contribution in [0.25, 0.3) is 15.9 Å². The zero-order valence-corrected chi connectivity index (χ0v) is 17.1. The van der Waals surface area contributed by atoms with Crippen LogP contribution in [0.2, 0.25) is 0 Å². The molecule has 2 aromatic carbocycles. The van der Waals surface area contributed by atoms with Crippen LogP contribution in [0.5, 0.6) is 0 Å². The van der Waals surface area contributed by atoms with Gasteiger partial charge in [0.25, 0.3) is 0 Å². The van der Waals surface area contributed by atoms with Crippen molar-refractivity contribution in [1.82, 2.24) is 19.3 Å². The fourth-order valence-electron chi connectivity index (χ4n) is 3.99. The average molecular weight is 409 g/mol. The average Bonchev–Trinajstić information content (AvgIpc) is 3.33. The largest absolute Gasteiger partial charge is 0.316 e. The molecule has 0 saturated carbocycles. The van der Waals surface area contributed by atoms with Crippen LogP contribution in [0.15, 0.2) is 60.9 Å². The van der Waals surface area contributed by atoms with Crippen molar-refractivity contribution in [2.75, 3.05) is 13.1 Å². The number of fused-ring (bicyclic) bond motifs is 1. The van der Waals surface area contributed by atoms with Gasteiger partial charge >= 0.3 is 0 Å². The molecule has 2 aromatic heterocycles. The number of hydrogen-bond acceptors (Lipinski definition) is 4. The summed E-state index contributed by atoms with van der Waals surface area (Å²) in [7, 11) is 0. The molecule has 4 aromatic rings. The highest BCUT2D eigenvalue weighted by Crippen LogP contribution is 2.30. The number of aromatic nitrogens is 4. The second kappa shape index (κ2) is 7.58.